The largest absolute Gasteiger partial charge is 0.489 e. The van der Waals surface area contributed by atoms with E-state index in [2.05, 4.69) is 20.9 Å². The number of rotatable bonds is 5. The van der Waals surface area contributed by atoms with Crippen LogP contribution >= 0.6 is 12.4 Å². The van der Waals surface area contributed by atoms with Crippen molar-refractivity contribution in [3.8, 4) is 5.75 Å². The SMILES string of the molecule is CC(C)Oc1ccc(F)cc1NC(=O)c1cn(C2CCNCC2)nn1.Cl. The zero-order valence-corrected chi connectivity index (χ0v) is 15.6. The van der Waals surface area contributed by atoms with Crippen molar-refractivity contribution >= 4 is 24.0 Å². The summed E-state index contributed by atoms with van der Waals surface area (Å²) >= 11 is 0. The number of carbonyl (C=O) groups excluding carboxylic acids is 1. The average molecular weight is 384 g/mol. The number of hydrogen-bond donors (Lipinski definition) is 2. The van der Waals surface area contributed by atoms with Crippen molar-refractivity contribution in [2.24, 2.45) is 0 Å². The molecule has 9 heteroatoms. The van der Waals surface area contributed by atoms with E-state index in [1.807, 2.05) is 13.8 Å². The number of amides is 1. The van der Waals surface area contributed by atoms with Gasteiger partial charge in [-0.15, -0.1) is 17.5 Å². The van der Waals surface area contributed by atoms with Gasteiger partial charge in [0.15, 0.2) is 5.69 Å². The minimum absolute atomic E-state index is 0. The molecule has 0 radical (unpaired) electrons. The number of piperidine rings is 1. The van der Waals surface area contributed by atoms with Crippen molar-refractivity contribution in [3.63, 3.8) is 0 Å². The van der Waals surface area contributed by atoms with E-state index < -0.39 is 11.7 Å². The van der Waals surface area contributed by atoms with Gasteiger partial charge in [-0.1, -0.05) is 5.21 Å². The second-order valence-electron chi connectivity index (χ2n) is 6.33. The third kappa shape index (κ3) is 4.92. The molecule has 2 aromatic rings. The summed E-state index contributed by atoms with van der Waals surface area (Å²) in [5.74, 6) is -0.486. The van der Waals surface area contributed by atoms with Crippen LogP contribution in [0.2, 0.25) is 0 Å². The van der Waals surface area contributed by atoms with Crippen LogP contribution in [0.4, 0.5) is 10.1 Å². The van der Waals surface area contributed by atoms with Crippen LogP contribution in [0.5, 0.6) is 5.75 Å². The van der Waals surface area contributed by atoms with Crippen molar-refractivity contribution in [1.82, 2.24) is 20.3 Å². The molecule has 1 fully saturated rings. The Morgan fingerprint density at radius 3 is 2.81 bits per heavy atom. The van der Waals surface area contributed by atoms with E-state index in [4.69, 9.17) is 4.74 Å². The molecule has 1 amide bonds. The van der Waals surface area contributed by atoms with E-state index in [0.717, 1.165) is 25.9 Å². The van der Waals surface area contributed by atoms with Crippen LogP contribution in [0, 0.1) is 5.82 Å². The number of halogens is 2. The Kier molecular flexibility index (Phi) is 6.93. The highest BCUT2D eigenvalue weighted by atomic mass is 35.5. The molecule has 142 valence electrons. The van der Waals surface area contributed by atoms with Crippen molar-refractivity contribution in [1.29, 1.82) is 0 Å². The van der Waals surface area contributed by atoms with Crippen molar-refractivity contribution in [2.45, 2.75) is 38.8 Å². The molecule has 1 aliphatic rings. The van der Waals surface area contributed by atoms with Gasteiger partial charge in [0.25, 0.3) is 5.91 Å². The Morgan fingerprint density at radius 1 is 1.38 bits per heavy atom. The highest BCUT2D eigenvalue weighted by Crippen LogP contribution is 2.27. The van der Waals surface area contributed by atoms with E-state index in [9.17, 15) is 9.18 Å². The molecule has 2 heterocycles. The Morgan fingerprint density at radius 2 is 2.12 bits per heavy atom. The molecule has 1 aromatic heterocycles. The first-order valence-electron chi connectivity index (χ1n) is 8.43. The maximum Gasteiger partial charge on any atom is 0.277 e. The zero-order chi connectivity index (χ0) is 17.8. The summed E-state index contributed by atoms with van der Waals surface area (Å²) in [6.45, 7) is 5.57. The van der Waals surface area contributed by atoms with Crippen molar-refractivity contribution in [2.75, 3.05) is 18.4 Å². The monoisotopic (exact) mass is 383 g/mol. The molecule has 0 bridgehead atoms. The molecule has 26 heavy (non-hydrogen) atoms. The van der Waals surface area contributed by atoms with Gasteiger partial charge in [-0.3, -0.25) is 4.79 Å². The Hall–Kier alpha value is -2.19. The van der Waals surface area contributed by atoms with E-state index in [0.29, 0.717) is 5.75 Å². The van der Waals surface area contributed by atoms with Crippen LogP contribution in [0.3, 0.4) is 0 Å². The molecular weight excluding hydrogens is 361 g/mol. The Labute approximate surface area is 157 Å². The summed E-state index contributed by atoms with van der Waals surface area (Å²) in [5, 5.41) is 14.0. The summed E-state index contributed by atoms with van der Waals surface area (Å²) in [6.07, 6.45) is 3.43. The van der Waals surface area contributed by atoms with Crippen molar-refractivity contribution in [3.05, 3.63) is 35.9 Å². The number of benzene rings is 1. The lowest BCUT2D eigenvalue weighted by Gasteiger charge is -2.22. The molecule has 7 nitrogen and oxygen atoms in total. The summed E-state index contributed by atoms with van der Waals surface area (Å²) in [5.41, 5.74) is 0.466. The second-order valence-corrected chi connectivity index (χ2v) is 6.33. The fourth-order valence-corrected chi connectivity index (χ4v) is 2.77. The lowest BCUT2D eigenvalue weighted by Crippen LogP contribution is -2.29. The smallest absolute Gasteiger partial charge is 0.277 e. The van der Waals surface area contributed by atoms with Gasteiger partial charge in [-0.25, -0.2) is 9.07 Å². The van der Waals surface area contributed by atoms with Gasteiger partial charge in [0, 0.05) is 6.07 Å². The third-order valence-electron chi connectivity index (χ3n) is 3.98. The first-order valence-corrected chi connectivity index (χ1v) is 8.43. The van der Waals surface area contributed by atoms with Gasteiger partial charge < -0.3 is 15.4 Å². The van der Waals surface area contributed by atoms with Crippen LogP contribution in [-0.4, -0.2) is 40.1 Å². The first-order chi connectivity index (χ1) is 12.0. The average Bonchev–Trinajstić information content (AvgIpc) is 3.08. The molecule has 1 aromatic carbocycles. The quantitative estimate of drug-likeness (QED) is 0.829. The summed E-state index contributed by atoms with van der Waals surface area (Å²) < 4.78 is 20.9. The van der Waals surface area contributed by atoms with Crippen molar-refractivity contribution < 1.29 is 13.9 Å². The standard InChI is InChI=1S/C17H22FN5O2.ClH/c1-11(2)25-16-4-3-12(18)9-14(16)20-17(24)15-10-23(22-21-15)13-5-7-19-8-6-13;/h3-4,9-11,13,19H,5-8H2,1-2H3,(H,20,24);1H. The predicted octanol–water partition coefficient (Wildman–Crippen LogP) is 2.80. The number of hydrogen-bond acceptors (Lipinski definition) is 5. The number of ether oxygens (including phenoxy) is 1. The molecule has 0 atom stereocenters. The van der Waals surface area contributed by atoms with Gasteiger partial charge in [-0.2, -0.15) is 0 Å². The number of nitrogens with one attached hydrogen (secondary N) is 2. The van der Waals surface area contributed by atoms with Gasteiger partial charge in [0.1, 0.15) is 11.6 Å². The summed E-state index contributed by atoms with van der Waals surface area (Å²) in [7, 11) is 0. The number of anilines is 1. The molecular formula is C17H23ClFN5O2. The first kappa shape index (κ1) is 20.1. The van der Waals surface area contributed by atoms with E-state index >= 15 is 0 Å². The molecule has 1 saturated heterocycles. The van der Waals surface area contributed by atoms with E-state index in [1.54, 1.807) is 10.9 Å². The molecule has 3 rings (SSSR count). The molecule has 0 spiro atoms. The van der Waals surface area contributed by atoms with Crippen LogP contribution in [-0.2, 0) is 0 Å². The van der Waals surface area contributed by atoms with Gasteiger partial charge >= 0.3 is 0 Å². The van der Waals surface area contributed by atoms with Gasteiger partial charge in [0.2, 0.25) is 0 Å². The molecule has 0 saturated carbocycles. The Bertz CT molecular complexity index is 747. The summed E-state index contributed by atoms with van der Waals surface area (Å²) in [6, 6.07) is 4.26. The molecule has 1 aliphatic heterocycles. The highest BCUT2D eigenvalue weighted by molar-refractivity contribution is 6.03. The van der Waals surface area contributed by atoms with Crippen LogP contribution in [0.25, 0.3) is 0 Å². The lowest BCUT2D eigenvalue weighted by atomic mass is 10.1. The maximum absolute atomic E-state index is 13.5. The lowest BCUT2D eigenvalue weighted by molar-refractivity contribution is 0.102. The fraction of sp³-hybridized carbons (Fsp3) is 0.471. The van der Waals surface area contributed by atoms with Crippen LogP contribution in [0.1, 0.15) is 43.2 Å². The zero-order valence-electron chi connectivity index (χ0n) is 14.7. The fourth-order valence-electron chi connectivity index (χ4n) is 2.77. The molecule has 0 aliphatic carbocycles. The van der Waals surface area contributed by atoms with Gasteiger partial charge in [0.05, 0.1) is 24.0 Å². The predicted molar refractivity (Wildman–Crippen MR) is 98.5 cm³/mol. The molecule has 0 unspecified atom stereocenters. The second kappa shape index (κ2) is 8.95. The number of aromatic nitrogens is 3. The Balaban J connectivity index is 0.00000243. The van der Waals surface area contributed by atoms with Crippen LogP contribution in [0.15, 0.2) is 24.4 Å². The van der Waals surface area contributed by atoms with Crippen LogP contribution < -0.4 is 15.4 Å². The molecule has 2 N–H and O–H groups in total. The number of nitrogens with zero attached hydrogens (tertiary/aromatic N) is 3. The maximum atomic E-state index is 13.5. The highest BCUT2D eigenvalue weighted by Gasteiger charge is 2.20. The normalized spacial score (nSPS) is 14.8. The van der Waals surface area contributed by atoms with Gasteiger partial charge in [-0.05, 0) is 51.9 Å². The van der Waals surface area contributed by atoms with E-state index in [-0.39, 0.29) is 35.9 Å². The number of carbonyl (C=O) groups is 1. The minimum atomic E-state index is -0.454. The summed E-state index contributed by atoms with van der Waals surface area (Å²) in [4.78, 5) is 12.4. The minimum Gasteiger partial charge on any atom is -0.489 e. The van der Waals surface area contributed by atoms with E-state index in [1.165, 1.54) is 18.2 Å². The topological polar surface area (TPSA) is 81.1 Å². The third-order valence-corrected chi connectivity index (χ3v) is 3.98.